The SMILES string of the molecule is CC12CC(c3ccccc3O1)C1C(C2)c2ccccc2OC1(C)C. The maximum atomic E-state index is 6.49. The predicted molar refractivity (Wildman–Crippen MR) is 94.8 cm³/mol. The van der Waals surface area contributed by atoms with E-state index in [1.807, 2.05) is 0 Å². The molecule has 2 aromatic rings. The van der Waals surface area contributed by atoms with Crippen LogP contribution >= 0.6 is 0 Å². The van der Waals surface area contributed by atoms with Crippen LogP contribution in [0.2, 0.25) is 0 Å². The lowest BCUT2D eigenvalue weighted by Crippen LogP contribution is -2.56. The standard InChI is InChI=1S/C22H24O2/c1-21(2)20-16(14-8-4-6-10-18(14)23-21)12-22(3)13-17(20)15-9-5-7-11-19(15)24-22/h4-11,16-17,20H,12-13H2,1-3H3. The fourth-order valence-corrected chi connectivity index (χ4v) is 5.58. The second kappa shape index (κ2) is 4.56. The van der Waals surface area contributed by atoms with E-state index in [1.165, 1.54) is 11.1 Å². The molecule has 3 aliphatic rings. The van der Waals surface area contributed by atoms with E-state index < -0.39 is 0 Å². The monoisotopic (exact) mass is 320 g/mol. The summed E-state index contributed by atoms with van der Waals surface area (Å²) < 4.78 is 13.0. The molecule has 2 bridgehead atoms. The van der Waals surface area contributed by atoms with Gasteiger partial charge in [0.15, 0.2) is 0 Å². The predicted octanol–water partition coefficient (Wildman–Crippen LogP) is 5.29. The minimum atomic E-state index is -0.171. The lowest BCUT2D eigenvalue weighted by molar-refractivity contribution is -0.0800. The van der Waals surface area contributed by atoms with E-state index in [0.29, 0.717) is 17.8 Å². The van der Waals surface area contributed by atoms with Crippen molar-refractivity contribution in [2.45, 2.75) is 56.7 Å². The van der Waals surface area contributed by atoms with Crippen LogP contribution in [-0.2, 0) is 0 Å². The lowest BCUT2D eigenvalue weighted by atomic mass is 9.56. The second-order valence-corrected chi connectivity index (χ2v) is 8.48. The fourth-order valence-electron chi connectivity index (χ4n) is 5.58. The summed E-state index contributed by atoms with van der Waals surface area (Å²) in [5.74, 6) is 3.58. The van der Waals surface area contributed by atoms with E-state index in [-0.39, 0.29) is 11.2 Å². The summed E-state index contributed by atoms with van der Waals surface area (Å²) in [6.45, 7) is 6.82. The summed E-state index contributed by atoms with van der Waals surface area (Å²) >= 11 is 0. The molecule has 2 heteroatoms. The van der Waals surface area contributed by atoms with Crippen molar-refractivity contribution in [2.75, 3.05) is 0 Å². The zero-order chi connectivity index (χ0) is 16.5. The molecule has 0 saturated heterocycles. The minimum Gasteiger partial charge on any atom is -0.487 e. The van der Waals surface area contributed by atoms with Gasteiger partial charge < -0.3 is 9.47 Å². The van der Waals surface area contributed by atoms with Crippen molar-refractivity contribution < 1.29 is 9.47 Å². The Balaban J connectivity index is 1.71. The van der Waals surface area contributed by atoms with Crippen molar-refractivity contribution in [3.63, 3.8) is 0 Å². The summed E-state index contributed by atoms with van der Waals surface area (Å²) in [6.07, 6.45) is 2.15. The normalized spacial score (nSPS) is 34.9. The molecule has 1 aliphatic carbocycles. The highest BCUT2D eigenvalue weighted by molar-refractivity contribution is 5.46. The third kappa shape index (κ3) is 1.89. The van der Waals surface area contributed by atoms with Gasteiger partial charge in [0.05, 0.1) is 0 Å². The average Bonchev–Trinajstić information content (AvgIpc) is 2.53. The van der Waals surface area contributed by atoms with E-state index in [4.69, 9.17) is 9.47 Å². The molecule has 1 fully saturated rings. The molecule has 1 saturated carbocycles. The molecule has 124 valence electrons. The molecule has 0 radical (unpaired) electrons. The molecule has 0 N–H and O–H groups in total. The highest BCUT2D eigenvalue weighted by Crippen LogP contribution is 2.62. The van der Waals surface area contributed by atoms with Gasteiger partial charge >= 0.3 is 0 Å². The molecule has 2 aromatic carbocycles. The van der Waals surface area contributed by atoms with Gasteiger partial charge in [-0.25, -0.2) is 0 Å². The van der Waals surface area contributed by atoms with E-state index >= 15 is 0 Å². The quantitative estimate of drug-likeness (QED) is 0.657. The molecular formula is C22H24O2. The van der Waals surface area contributed by atoms with E-state index in [9.17, 15) is 0 Å². The van der Waals surface area contributed by atoms with Crippen LogP contribution in [-0.4, -0.2) is 11.2 Å². The fraction of sp³-hybridized carbons (Fsp3) is 0.455. The summed E-state index contributed by atoms with van der Waals surface area (Å²) in [5, 5.41) is 0. The van der Waals surface area contributed by atoms with E-state index in [2.05, 4.69) is 69.3 Å². The van der Waals surface area contributed by atoms with Crippen LogP contribution in [0.25, 0.3) is 0 Å². The van der Waals surface area contributed by atoms with E-state index in [0.717, 1.165) is 24.3 Å². The van der Waals surface area contributed by atoms with Gasteiger partial charge in [-0.1, -0.05) is 36.4 Å². The summed E-state index contributed by atoms with van der Waals surface area (Å²) in [7, 11) is 0. The van der Waals surface area contributed by atoms with Crippen molar-refractivity contribution in [3.8, 4) is 11.5 Å². The number of hydrogen-bond donors (Lipinski definition) is 0. The van der Waals surface area contributed by atoms with Crippen molar-refractivity contribution >= 4 is 0 Å². The third-order valence-electron chi connectivity index (χ3n) is 6.34. The zero-order valence-electron chi connectivity index (χ0n) is 14.6. The van der Waals surface area contributed by atoms with Gasteiger partial charge in [-0.2, -0.15) is 0 Å². The van der Waals surface area contributed by atoms with Crippen LogP contribution in [0.1, 0.15) is 56.6 Å². The Morgan fingerprint density at radius 2 is 1.25 bits per heavy atom. The largest absolute Gasteiger partial charge is 0.487 e. The number of fused-ring (bicyclic) bond motifs is 8. The van der Waals surface area contributed by atoms with E-state index in [1.54, 1.807) is 0 Å². The molecule has 24 heavy (non-hydrogen) atoms. The van der Waals surface area contributed by atoms with Crippen molar-refractivity contribution in [2.24, 2.45) is 5.92 Å². The van der Waals surface area contributed by atoms with Gasteiger partial charge in [0.1, 0.15) is 22.7 Å². The van der Waals surface area contributed by atoms with Crippen LogP contribution in [0, 0.1) is 5.92 Å². The summed E-state index contributed by atoms with van der Waals surface area (Å²) in [4.78, 5) is 0. The van der Waals surface area contributed by atoms with Crippen molar-refractivity contribution in [1.29, 1.82) is 0 Å². The number of benzene rings is 2. The zero-order valence-corrected chi connectivity index (χ0v) is 14.6. The van der Waals surface area contributed by atoms with Gasteiger partial charge in [-0.3, -0.25) is 0 Å². The Labute approximate surface area is 143 Å². The highest BCUT2D eigenvalue weighted by atomic mass is 16.5. The molecule has 5 rings (SSSR count). The third-order valence-corrected chi connectivity index (χ3v) is 6.34. The number of hydrogen-bond acceptors (Lipinski definition) is 2. The molecule has 4 atom stereocenters. The summed E-state index contributed by atoms with van der Waals surface area (Å²) in [5.41, 5.74) is 2.47. The topological polar surface area (TPSA) is 18.5 Å². The highest BCUT2D eigenvalue weighted by Gasteiger charge is 2.57. The first kappa shape index (κ1) is 14.4. The van der Waals surface area contributed by atoms with Gasteiger partial charge in [-0.05, 0) is 68.7 Å². The average molecular weight is 320 g/mol. The molecule has 4 unspecified atom stereocenters. The number of rotatable bonds is 0. The summed E-state index contributed by atoms with van der Waals surface area (Å²) in [6, 6.07) is 17.2. The van der Waals surface area contributed by atoms with Crippen LogP contribution < -0.4 is 9.47 Å². The maximum absolute atomic E-state index is 6.49. The first-order valence-electron chi connectivity index (χ1n) is 9.03. The maximum Gasteiger partial charge on any atom is 0.123 e. The molecular weight excluding hydrogens is 296 g/mol. The Hall–Kier alpha value is -1.96. The smallest absolute Gasteiger partial charge is 0.123 e. The van der Waals surface area contributed by atoms with Crippen LogP contribution in [0.5, 0.6) is 11.5 Å². The van der Waals surface area contributed by atoms with Crippen molar-refractivity contribution in [1.82, 2.24) is 0 Å². The second-order valence-electron chi connectivity index (χ2n) is 8.48. The number of para-hydroxylation sites is 2. The Kier molecular flexibility index (Phi) is 2.73. The minimum absolute atomic E-state index is 0.0826. The molecule has 2 heterocycles. The molecule has 0 amide bonds. The Morgan fingerprint density at radius 3 is 1.83 bits per heavy atom. The van der Waals surface area contributed by atoms with Gasteiger partial charge in [0, 0.05) is 5.92 Å². The number of ether oxygens (including phenoxy) is 2. The Morgan fingerprint density at radius 1 is 0.750 bits per heavy atom. The molecule has 2 nitrogen and oxygen atoms in total. The van der Waals surface area contributed by atoms with Gasteiger partial charge in [-0.15, -0.1) is 0 Å². The molecule has 0 spiro atoms. The van der Waals surface area contributed by atoms with Crippen molar-refractivity contribution in [3.05, 3.63) is 59.7 Å². The van der Waals surface area contributed by atoms with Crippen LogP contribution in [0.3, 0.4) is 0 Å². The lowest BCUT2D eigenvalue weighted by Gasteiger charge is -2.57. The van der Waals surface area contributed by atoms with Crippen LogP contribution in [0.15, 0.2) is 48.5 Å². The Bertz CT molecular complexity index is 768. The molecule has 2 aliphatic heterocycles. The van der Waals surface area contributed by atoms with Gasteiger partial charge in [0.2, 0.25) is 0 Å². The van der Waals surface area contributed by atoms with Gasteiger partial charge in [0.25, 0.3) is 0 Å². The van der Waals surface area contributed by atoms with Crippen LogP contribution in [0.4, 0.5) is 0 Å². The first-order chi connectivity index (χ1) is 11.5. The molecule has 0 aromatic heterocycles. The first-order valence-corrected chi connectivity index (χ1v) is 9.03.